The Morgan fingerprint density at radius 1 is 1.00 bits per heavy atom. The van der Waals surface area contributed by atoms with Crippen LogP contribution in [0.25, 0.3) is 22.6 Å². The van der Waals surface area contributed by atoms with Gasteiger partial charge >= 0.3 is 0 Å². The van der Waals surface area contributed by atoms with Crippen molar-refractivity contribution >= 4 is 22.8 Å². The van der Waals surface area contributed by atoms with Gasteiger partial charge in [-0.05, 0) is 49.9 Å². The van der Waals surface area contributed by atoms with Crippen molar-refractivity contribution in [2.75, 3.05) is 0 Å². The highest BCUT2D eigenvalue weighted by molar-refractivity contribution is 6.29. The van der Waals surface area contributed by atoms with Crippen molar-refractivity contribution < 1.29 is 0 Å². The van der Waals surface area contributed by atoms with Crippen LogP contribution in [0.1, 0.15) is 30.9 Å². The Hall–Kier alpha value is -2.07. The summed E-state index contributed by atoms with van der Waals surface area (Å²) in [5.74, 6) is 0.513. The first-order chi connectivity index (χ1) is 10.8. The Morgan fingerprint density at radius 2 is 1.95 bits per heavy atom. The van der Waals surface area contributed by atoms with Crippen molar-refractivity contribution in [3.05, 3.63) is 53.8 Å². The van der Waals surface area contributed by atoms with Crippen molar-refractivity contribution in [1.82, 2.24) is 19.9 Å². The molecule has 1 radical (unpaired) electrons. The van der Waals surface area contributed by atoms with E-state index in [9.17, 15) is 0 Å². The fourth-order valence-electron chi connectivity index (χ4n) is 2.84. The molecule has 1 atom stereocenters. The van der Waals surface area contributed by atoms with E-state index in [1.165, 1.54) is 12.8 Å². The molecule has 3 heterocycles. The highest BCUT2D eigenvalue weighted by atomic mass is 35.5. The van der Waals surface area contributed by atoms with Gasteiger partial charge in [0.05, 0.1) is 11.9 Å². The number of aromatic nitrogens is 4. The van der Waals surface area contributed by atoms with Gasteiger partial charge in [-0.2, -0.15) is 0 Å². The fourth-order valence-corrected chi connectivity index (χ4v) is 3.00. The van der Waals surface area contributed by atoms with Crippen LogP contribution in [0.4, 0.5) is 0 Å². The number of fused-ring (bicyclic) bond motifs is 1. The van der Waals surface area contributed by atoms with E-state index in [1.54, 1.807) is 12.3 Å². The molecule has 3 aromatic rings. The van der Waals surface area contributed by atoms with Crippen LogP contribution in [0, 0.1) is 6.42 Å². The van der Waals surface area contributed by atoms with Crippen molar-refractivity contribution in [3.63, 3.8) is 0 Å². The van der Waals surface area contributed by atoms with Gasteiger partial charge in [-0.3, -0.25) is 4.98 Å². The lowest BCUT2D eigenvalue weighted by Crippen LogP contribution is -1.99. The Morgan fingerprint density at radius 3 is 2.77 bits per heavy atom. The summed E-state index contributed by atoms with van der Waals surface area (Å²) in [5.41, 5.74) is 3.98. The van der Waals surface area contributed by atoms with E-state index in [-0.39, 0.29) is 0 Å². The Bertz CT molecular complexity index is 828. The summed E-state index contributed by atoms with van der Waals surface area (Å²) in [5, 5.41) is 0.447. The standard InChI is InChI=1S/C17H14ClN4/c18-16-7-3-6-13(20-16)15-10-19-14-9-8-12(21-17(14)22-15)11-4-1-2-5-11/h1,3,6-11H,2,4-5H2. The average molecular weight is 310 g/mol. The monoisotopic (exact) mass is 309 g/mol. The normalized spacial score (nSPS) is 15.5. The number of nitrogens with zero attached hydrogens (tertiary/aromatic N) is 4. The summed E-state index contributed by atoms with van der Waals surface area (Å²) in [4.78, 5) is 18.0. The predicted molar refractivity (Wildman–Crippen MR) is 86.5 cm³/mol. The first kappa shape index (κ1) is 13.6. The Balaban J connectivity index is 1.78. The van der Waals surface area contributed by atoms with Crippen LogP contribution in [0.15, 0.2) is 36.5 Å². The zero-order chi connectivity index (χ0) is 14.9. The molecule has 4 nitrogen and oxygen atoms in total. The molecule has 0 aromatic carbocycles. The molecule has 109 valence electrons. The number of halogens is 1. The van der Waals surface area contributed by atoms with E-state index in [0.29, 0.717) is 28.1 Å². The van der Waals surface area contributed by atoms with E-state index in [2.05, 4.69) is 27.4 Å². The fraction of sp³-hybridized carbons (Fsp3) is 0.235. The molecule has 1 aliphatic carbocycles. The maximum Gasteiger partial charge on any atom is 0.179 e. The molecule has 3 aromatic heterocycles. The topological polar surface area (TPSA) is 51.6 Å². The minimum atomic E-state index is 0.447. The SMILES string of the molecule is Clc1cccc(-c2cnc3ccc(C4C[CH]CC4)nc3n2)n1. The summed E-state index contributed by atoms with van der Waals surface area (Å²) < 4.78 is 0. The largest absolute Gasteiger partial charge is 0.251 e. The highest BCUT2D eigenvalue weighted by Crippen LogP contribution is 2.32. The van der Waals surface area contributed by atoms with Crippen LogP contribution >= 0.6 is 11.6 Å². The molecule has 22 heavy (non-hydrogen) atoms. The maximum atomic E-state index is 5.95. The molecule has 1 unspecified atom stereocenters. The molecule has 0 aliphatic heterocycles. The Labute approximate surface area is 133 Å². The van der Waals surface area contributed by atoms with Crippen LogP contribution in [0.2, 0.25) is 5.15 Å². The molecule has 0 spiro atoms. The molecule has 0 amide bonds. The summed E-state index contributed by atoms with van der Waals surface area (Å²) in [6, 6.07) is 9.54. The van der Waals surface area contributed by atoms with Crippen LogP contribution in [0.3, 0.4) is 0 Å². The van der Waals surface area contributed by atoms with E-state index in [4.69, 9.17) is 16.6 Å². The van der Waals surface area contributed by atoms with Gasteiger partial charge in [0.1, 0.15) is 16.4 Å². The first-order valence-electron chi connectivity index (χ1n) is 7.38. The molecule has 5 heteroatoms. The second-order valence-corrected chi connectivity index (χ2v) is 5.87. The molecule has 4 rings (SSSR count). The van der Waals surface area contributed by atoms with Gasteiger partial charge in [0.2, 0.25) is 0 Å². The number of hydrogen-bond acceptors (Lipinski definition) is 4. The lowest BCUT2D eigenvalue weighted by Gasteiger charge is -2.09. The number of rotatable bonds is 2. The van der Waals surface area contributed by atoms with E-state index in [0.717, 1.165) is 17.6 Å². The van der Waals surface area contributed by atoms with Gasteiger partial charge < -0.3 is 0 Å². The number of hydrogen-bond donors (Lipinski definition) is 0. The Kier molecular flexibility index (Phi) is 3.47. The van der Waals surface area contributed by atoms with Crippen molar-refractivity contribution in [3.8, 4) is 11.4 Å². The quantitative estimate of drug-likeness (QED) is 0.665. The van der Waals surface area contributed by atoms with Crippen molar-refractivity contribution in [2.45, 2.75) is 25.2 Å². The third-order valence-electron chi connectivity index (χ3n) is 3.99. The van der Waals surface area contributed by atoms with Crippen molar-refractivity contribution in [1.29, 1.82) is 0 Å². The minimum Gasteiger partial charge on any atom is -0.251 e. The molecular weight excluding hydrogens is 296 g/mol. The minimum absolute atomic E-state index is 0.447. The van der Waals surface area contributed by atoms with Gasteiger partial charge in [0.25, 0.3) is 0 Å². The van der Waals surface area contributed by atoms with Gasteiger partial charge in [0, 0.05) is 11.6 Å². The van der Waals surface area contributed by atoms with Gasteiger partial charge in [0.15, 0.2) is 5.65 Å². The first-order valence-corrected chi connectivity index (χ1v) is 7.76. The lowest BCUT2D eigenvalue weighted by molar-refractivity contribution is 0.707. The van der Waals surface area contributed by atoms with E-state index >= 15 is 0 Å². The van der Waals surface area contributed by atoms with Crippen LogP contribution in [0.5, 0.6) is 0 Å². The summed E-state index contributed by atoms with van der Waals surface area (Å²) in [6.45, 7) is 0. The van der Waals surface area contributed by atoms with Gasteiger partial charge in [-0.25, -0.2) is 15.0 Å². The van der Waals surface area contributed by atoms with Crippen LogP contribution in [-0.2, 0) is 0 Å². The number of pyridine rings is 2. The van der Waals surface area contributed by atoms with Crippen molar-refractivity contribution in [2.24, 2.45) is 0 Å². The summed E-state index contributed by atoms with van der Waals surface area (Å²) >= 11 is 5.95. The molecule has 1 fully saturated rings. The zero-order valence-electron chi connectivity index (χ0n) is 11.9. The van der Waals surface area contributed by atoms with Crippen LogP contribution < -0.4 is 0 Å². The van der Waals surface area contributed by atoms with Gasteiger partial charge in [-0.15, -0.1) is 0 Å². The highest BCUT2D eigenvalue weighted by Gasteiger charge is 2.19. The predicted octanol–water partition coefficient (Wildman–Crippen LogP) is 4.21. The van der Waals surface area contributed by atoms with Crippen LogP contribution in [-0.4, -0.2) is 19.9 Å². The molecule has 1 saturated carbocycles. The van der Waals surface area contributed by atoms with E-state index in [1.807, 2.05) is 18.2 Å². The maximum absolute atomic E-state index is 5.95. The smallest absolute Gasteiger partial charge is 0.179 e. The second-order valence-electron chi connectivity index (χ2n) is 5.48. The molecular formula is C17H14ClN4. The van der Waals surface area contributed by atoms with E-state index < -0.39 is 0 Å². The zero-order valence-corrected chi connectivity index (χ0v) is 12.7. The molecule has 1 aliphatic rings. The third-order valence-corrected chi connectivity index (χ3v) is 4.21. The average Bonchev–Trinajstić information content (AvgIpc) is 3.08. The third kappa shape index (κ3) is 2.55. The molecule has 0 saturated heterocycles. The summed E-state index contributed by atoms with van der Waals surface area (Å²) in [6.07, 6.45) is 7.48. The summed E-state index contributed by atoms with van der Waals surface area (Å²) in [7, 11) is 0. The molecule has 0 N–H and O–H groups in total. The molecule has 0 bridgehead atoms. The van der Waals surface area contributed by atoms with Gasteiger partial charge in [-0.1, -0.05) is 17.7 Å². The lowest BCUT2D eigenvalue weighted by atomic mass is 10.0. The second kappa shape index (κ2) is 5.61.